The number of aliphatic hydroxyl groups excluding tert-OH is 2. The summed E-state index contributed by atoms with van der Waals surface area (Å²) >= 11 is 0. The minimum Gasteiger partial charge on any atom is -0.506 e. The second kappa shape index (κ2) is 11.6. The van der Waals surface area contributed by atoms with Crippen LogP contribution in [-0.2, 0) is 22.8 Å². The Labute approximate surface area is 139 Å². The van der Waals surface area contributed by atoms with Crippen molar-refractivity contribution in [2.24, 2.45) is 11.5 Å². The summed E-state index contributed by atoms with van der Waals surface area (Å²) in [5, 5.41) is 35.3. The van der Waals surface area contributed by atoms with E-state index in [-0.39, 0.29) is 44.2 Å². The highest BCUT2D eigenvalue weighted by atomic mass is 35.5. The molecule has 0 aromatic carbocycles. The molecule has 1 amide bonds. The third kappa shape index (κ3) is 8.31. The highest BCUT2D eigenvalue weighted by molar-refractivity contribution is 5.85. The highest BCUT2D eigenvalue weighted by Crippen LogP contribution is 2.23. The van der Waals surface area contributed by atoms with Gasteiger partial charge in [0.25, 0.3) is 0 Å². The Morgan fingerprint density at radius 2 is 1.87 bits per heavy atom. The average molecular weight is 352 g/mol. The molecule has 0 saturated carbocycles. The van der Waals surface area contributed by atoms with Crippen molar-refractivity contribution in [1.29, 1.82) is 0 Å². The molecular weight excluding hydrogens is 330 g/mol. The van der Waals surface area contributed by atoms with E-state index in [1.165, 1.54) is 6.20 Å². The molecule has 8 N–H and O–H groups in total. The minimum atomic E-state index is -1.11. The van der Waals surface area contributed by atoms with E-state index >= 15 is 0 Å². The molecule has 132 valence electrons. The summed E-state index contributed by atoms with van der Waals surface area (Å²) in [5.74, 6) is -1.68. The van der Waals surface area contributed by atoms with Gasteiger partial charge in [-0.05, 0) is 13.3 Å². The number of primary amides is 1. The molecule has 0 fully saturated rings. The summed E-state index contributed by atoms with van der Waals surface area (Å²) in [5.41, 5.74) is 11.1. The second-order valence-electron chi connectivity index (χ2n) is 4.46. The molecule has 1 heterocycles. The van der Waals surface area contributed by atoms with Gasteiger partial charge in [0.05, 0.1) is 18.9 Å². The van der Waals surface area contributed by atoms with Gasteiger partial charge in [0.1, 0.15) is 11.8 Å². The maximum Gasteiger partial charge on any atom is 0.320 e. The Morgan fingerprint density at radius 1 is 1.30 bits per heavy atom. The Morgan fingerprint density at radius 3 is 2.26 bits per heavy atom. The van der Waals surface area contributed by atoms with Crippen LogP contribution in [0.1, 0.15) is 29.7 Å². The second-order valence-corrected chi connectivity index (χ2v) is 4.46. The standard InChI is InChI=1S/C8H11NO3.C5H10N2O3.ClH/c1-5-8(12)7(4-11)6(3-10)2-9-5;6-3(5(9)10)1-2-4(7)8;/h2,10-12H,3-4H2,1H3;3H,1-2,6H2,(H2,7,8)(H,9,10);1H/t;3-;/m.0./s1. The summed E-state index contributed by atoms with van der Waals surface area (Å²) in [4.78, 5) is 24.0. The average Bonchev–Trinajstić information content (AvgIpc) is 2.47. The van der Waals surface area contributed by atoms with Gasteiger partial charge >= 0.3 is 5.97 Å². The summed E-state index contributed by atoms with van der Waals surface area (Å²) in [6.45, 7) is 1.12. The molecule has 0 bridgehead atoms. The molecule has 0 aliphatic heterocycles. The number of aromatic hydroxyl groups is 1. The first-order valence-electron chi connectivity index (χ1n) is 6.39. The third-order valence-electron chi connectivity index (χ3n) is 2.78. The van der Waals surface area contributed by atoms with Crippen molar-refractivity contribution in [3.05, 3.63) is 23.0 Å². The van der Waals surface area contributed by atoms with Crippen molar-refractivity contribution in [2.45, 2.75) is 39.0 Å². The molecule has 23 heavy (non-hydrogen) atoms. The normalized spacial score (nSPS) is 10.8. The Balaban J connectivity index is 0. The molecule has 0 saturated heterocycles. The molecular formula is C13H22ClN3O6. The fourth-order valence-electron chi connectivity index (χ4n) is 1.42. The first-order valence-corrected chi connectivity index (χ1v) is 6.39. The van der Waals surface area contributed by atoms with Crippen molar-refractivity contribution < 1.29 is 30.0 Å². The monoisotopic (exact) mass is 351 g/mol. The van der Waals surface area contributed by atoms with Crippen LogP contribution in [0.4, 0.5) is 0 Å². The number of amides is 1. The number of rotatable bonds is 6. The summed E-state index contributed by atoms with van der Waals surface area (Å²) in [6, 6.07) is -0.979. The number of nitrogens with two attached hydrogens (primary N) is 2. The SMILES string of the molecule is Cc1ncc(CO)c(CO)c1O.Cl.NC(=O)CC[C@H](N)C(=O)O. The number of aryl methyl sites for hydroxylation is 1. The van der Waals surface area contributed by atoms with E-state index in [4.69, 9.17) is 26.8 Å². The lowest BCUT2D eigenvalue weighted by Gasteiger charge is -2.07. The van der Waals surface area contributed by atoms with Crippen molar-refractivity contribution in [1.82, 2.24) is 4.98 Å². The van der Waals surface area contributed by atoms with Gasteiger partial charge in [-0.25, -0.2) is 0 Å². The van der Waals surface area contributed by atoms with Crippen molar-refractivity contribution >= 4 is 24.3 Å². The summed E-state index contributed by atoms with van der Waals surface area (Å²) in [7, 11) is 0. The molecule has 0 aliphatic carbocycles. The Bertz CT molecular complexity index is 527. The molecule has 1 atom stereocenters. The Hall–Kier alpha value is -1.94. The number of aliphatic hydroxyl groups is 2. The first kappa shape index (κ1) is 23.3. The number of carbonyl (C=O) groups is 2. The number of halogens is 1. The topological polar surface area (TPSA) is 180 Å². The number of aliphatic carboxylic acids is 1. The smallest absolute Gasteiger partial charge is 0.320 e. The van der Waals surface area contributed by atoms with E-state index in [1.54, 1.807) is 6.92 Å². The molecule has 10 heteroatoms. The minimum absolute atomic E-state index is 0. The predicted octanol–water partition coefficient (Wildman–Crippen LogP) is -0.834. The van der Waals surface area contributed by atoms with E-state index in [1.807, 2.05) is 0 Å². The lowest BCUT2D eigenvalue weighted by Crippen LogP contribution is -2.31. The fourth-order valence-corrected chi connectivity index (χ4v) is 1.42. The highest BCUT2D eigenvalue weighted by Gasteiger charge is 2.11. The van der Waals surface area contributed by atoms with Crippen LogP contribution in [0.25, 0.3) is 0 Å². The maximum atomic E-state index is 10.1. The lowest BCUT2D eigenvalue weighted by atomic mass is 10.1. The predicted molar refractivity (Wildman–Crippen MR) is 83.8 cm³/mol. The van der Waals surface area contributed by atoms with Crippen LogP contribution in [0.3, 0.4) is 0 Å². The van der Waals surface area contributed by atoms with Crippen LogP contribution >= 0.6 is 12.4 Å². The van der Waals surface area contributed by atoms with E-state index in [0.29, 0.717) is 16.8 Å². The van der Waals surface area contributed by atoms with Crippen LogP contribution < -0.4 is 11.5 Å². The number of hydrogen-bond donors (Lipinski definition) is 6. The number of pyridine rings is 1. The van der Waals surface area contributed by atoms with Crippen LogP contribution in [0, 0.1) is 6.92 Å². The summed E-state index contributed by atoms with van der Waals surface area (Å²) < 4.78 is 0. The van der Waals surface area contributed by atoms with E-state index in [0.717, 1.165) is 0 Å². The number of carboxylic acids is 1. The molecule has 1 aromatic rings. The van der Waals surface area contributed by atoms with Crippen LogP contribution in [0.2, 0.25) is 0 Å². The van der Waals surface area contributed by atoms with E-state index in [2.05, 4.69) is 4.98 Å². The maximum absolute atomic E-state index is 10.1. The fraction of sp³-hybridized carbons (Fsp3) is 0.462. The number of carboxylic acid groups (broad SMARTS) is 1. The van der Waals surface area contributed by atoms with Crippen LogP contribution in [-0.4, -0.2) is 43.3 Å². The molecule has 1 rings (SSSR count). The van der Waals surface area contributed by atoms with Crippen LogP contribution in [0.15, 0.2) is 6.20 Å². The van der Waals surface area contributed by atoms with Crippen molar-refractivity contribution in [2.75, 3.05) is 0 Å². The Kier molecular flexibility index (Phi) is 11.8. The van der Waals surface area contributed by atoms with Crippen LogP contribution in [0.5, 0.6) is 5.75 Å². The molecule has 1 aromatic heterocycles. The zero-order valence-electron chi connectivity index (χ0n) is 12.6. The number of nitrogens with zero attached hydrogens (tertiary/aromatic N) is 1. The number of carbonyl (C=O) groups excluding carboxylic acids is 1. The van der Waals surface area contributed by atoms with Gasteiger partial charge in [-0.3, -0.25) is 14.6 Å². The van der Waals surface area contributed by atoms with Crippen molar-refractivity contribution in [3.8, 4) is 5.75 Å². The summed E-state index contributed by atoms with van der Waals surface area (Å²) in [6.07, 6.45) is 1.57. The van der Waals surface area contributed by atoms with Gasteiger partial charge in [-0.2, -0.15) is 0 Å². The van der Waals surface area contributed by atoms with E-state index in [9.17, 15) is 14.7 Å². The molecule has 0 aliphatic rings. The molecule has 0 radical (unpaired) electrons. The van der Waals surface area contributed by atoms with Gasteiger partial charge < -0.3 is 31.9 Å². The molecule has 9 nitrogen and oxygen atoms in total. The van der Waals surface area contributed by atoms with Gasteiger partial charge in [0, 0.05) is 23.7 Å². The largest absolute Gasteiger partial charge is 0.506 e. The lowest BCUT2D eigenvalue weighted by molar-refractivity contribution is -0.138. The van der Waals surface area contributed by atoms with Gasteiger partial charge in [0.15, 0.2) is 0 Å². The van der Waals surface area contributed by atoms with Gasteiger partial charge in [-0.1, -0.05) is 0 Å². The zero-order valence-corrected chi connectivity index (χ0v) is 13.4. The quantitative estimate of drug-likeness (QED) is 0.384. The van der Waals surface area contributed by atoms with Gasteiger partial charge in [-0.15, -0.1) is 12.4 Å². The van der Waals surface area contributed by atoms with Gasteiger partial charge in [0.2, 0.25) is 5.91 Å². The first-order chi connectivity index (χ1) is 10.2. The van der Waals surface area contributed by atoms with Crippen molar-refractivity contribution in [3.63, 3.8) is 0 Å². The number of aromatic nitrogens is 1. The van der Waals surface area contributed by atoms with E-state index < -0.39 is 17.9 Å². The number of hydrogen-bond acceptors (Lipinski definition) is 7. The molecule has 0 spiro atoms. The molecule has 0 unspecified atom stereocenters. The third-order valence-corrected chi connectivity index (χ3v) is 2.78. The zero-order chi connectivity index (χ0) is 17.3.